The van der Waals surface area contributed by atoms with Crippen molar-refractivity contribution in [2.45, 2.75) is 27.3 Å². The maximum Gasteiger partial charge on any atom is 0.251 e. The molecule has 0 saturated heterocycles. The van der Waals surface area contributed by atoms with Crippen molar-refractivity contribution in [1.82, 2.24) is 4.57 Å². The minimum atomic E-state index is 0.0908. The van der Waals surface area contributed by atoms with Crippen molar-refractivity contribution in [2.75, 3.05) is 0 Å². The monoisotopic (exact) mass is 201 g/mol. The molecule has 0 aliphatic carbocycles. The normalized spacial score (nSPS) is 10.9. The van der Waals surface area contributed by atoms with Gasteiger partial charge in [0, 0.05) is 18.0 Å². The van der Waals surface area contributed by atoms with Gasteiger partial charge in [-0.15, -0.1) is 0 Å². The van der Waals surface area contributed by atoms with E-state index in [-0.39, 0.29) is 5.56 Å². The van der Waals surface area contributed by atoms with Crippen molar-refractivity contribution in [3.05, 3.63) is 45.7 Å². The van der Waals surface area contributed by atoms with Crippen LogP contribution in [0.25, 0.3) is 10.9 Å². The standard InChI is InChI=1S/C13H15NO/c1-4-14-12-7-9(2)5-6-11(12)10(3)8-13(14)15/h5-8H,4H2,1-3H3. The molecule has 0 fully saturated rings. The lowest BCUT2D eigenvalue weighted by molar-refractivity contribution is 0.758. The third-order valence-electron chi connectivity index (χ3n) is 2.79. The number of fused-ring (bicyclic) bond motifs is 1. The fourth-order valence-electron chi connectivity index (χ4n) is 1.98. The topological polar surface area (TPSA) is 22.0 Å². The summed E-state index contributed by atoms with van der Waals surface area (Å²) in [7, 11) is 0. The second-order valence-electron chi connectivity index (χ2n) is 3.93. The van der Waals surface area contributed by atoms with Crippen LogP contribution in [0.1, 0.15) is 18.1 Å². The van der Waals surface area contributed by atoms with Crippen molar-refractivity contribution in [3.63, 3.8) is 0 Å². The van der Waals surface area contributed by atoms with Gasteiger partial charge in [-0.1, -0.05) is 12.1 Å². The summed E-state index contributed by atoms with van der Waals surface area (Å²) in [5.74, 6) is 0. The van der Waals surface area contributed by atoms with Gasteiger partial charge in [-0.05, 0) is 38.0 Å². The summed E-state index contributed by atoms with van der Waals surface area (Å²) in [6.07, 6.45) is 0. The Bertz CT molecular complexity index is 566. The summed E-state index contributed by atoms with van der Waals surface area (Å²) in [6, 6.07) is 7.96. The highest BCUT2D eigenvalue weighted by molar-refractivity contribution is 5.82. The van der Waals surface area contributed by atoms with Crippen LogP contribution in [-0.2, 0) is 6.54 Å². The number of rotatable bonds is 1. The largest absolute Gasteiger partial charge is 0.309 e. The number of aryl methyl sites for hydroxylation is 3. The van der Waals surface area contributed by atoms with Gasteiger partial charge in [0.2, 0.25) is 0 Å². The third-order valence-corrected chi connectivity index (χ3v) is 2.79. The quantitative estimate of drug-likeness (QED) is 0.695. The van der Waals surface area contributed by atoms with Gasteiger partial charge in [0.15, 0.2) is 0 Å². The number of aromatic nitrogens is 1. The van der Waals surface area contributed by atoms with E-state index in [1.807, 2.05) is 25.3 Å². The minimum absolute atomic E-state index is 0.0908. The molecule has 0 aliphatic rings. The Labute approximate surface area is 89.2 Å². The maximum atomic E-state index is 11.8. The van der Waals surface area contributed by atoms with Gasteiger partial charge in [0.1, 0.15) is 0 Å². The highest BCUT2D eigenvalue weighted by Gasteiger charge is 2.04. The lowest BCUT2D eigenvalue weighted by Gasteiger charge is -2.10. The van der Waals surface area contributed by atoms with Crippen LogP contribution >= 0.6 is 0 Å². The Balaban J connectivity index is 2.98. The van der Waals surface area contributed by atoms with E-state index in [9.17, 15) is 4.79 Å². The van der Waals surface area contributed by atoms with Crippen molar-refractivity contribution >= 4 is 10.9 Å². The zero-order chi connectivity index (χ0) is 11.0. The fourth-order valence-corrected chi connectivity index (χ4v) is 1.98. The average Bonchev–Trinajstić information content (AvgIpc) is 2.17. The lowest BCUT2D eigenvalue weighted by Crippen LogP contribution is -2.19. The Morgan fingerprint density at radius 3 is 2.60 bits per heavy atom. The molecule has 2 nitrogen and oxygen atoms in total. The van der Waals surface area contributed by atoms with Crippen LogP contribution in [0.2, 0.25) is 0 Å². The molecule has 0 amide bonds. The van der Waals surface area contributed by atoms with Crippen LogP contribution in [0.5, 0.6) is 0 Å². The van der Waals surface area contributed by atoms with Gasteiger partial charge in [-0.3, -0.25) is 4.79 Å². The molecule has 2 heteroatoms. The predicted octanol–water partition coefficient (Wildman–Crippen LogP) is 2.64. The van der Waals surface area contributed by atoms with E-state index in [1.54, 1.807) is 6.07 Å². The second kappa shape index (κ2) is 3.54. The zero-order valence-corrected chi connectivity index (χ0v) is 9.37. The zero-order valence-electron chi connectivity index (χ0n) is 9.37. The molecule has 2 rings (SSSR count). The first-order valence-electron chi connectivity index (χ1n) is 5.24. The lowest BCUT2D eigenvalue weighted by atomic mass is 10.1. The van der Waals surface area contributed by atoms with E-state index in [0.717, 1.165) is 17.6 Å². The average molecular weight is 201 g/mol. The molecule has 0 saturated carbocycles. The van der Waals surface area contributed by atoms with Gasteiger partial charge in [-0.25, -0.2) is 0 Å². The Hall–Kier alpha value is -1.57. The van der Waals surface area contributed by atoms with Crippen molar-refractivity contribution in [1.29, 1.82) is 0 Å². The van der Waals surface area contributed by atoms with Gasteiger partial charge >= 0.3 is 0 Å². The van der Waals surface area contributed by atoms with Crippen molar-refractivity contribution in [3.8, 4) is 0 Å². The van der Waals surface area contributed by atoms with Crippen molar-refractivity contribution < 1.29 is 0 Å². The molecule has 2 aromatic rings. The van der Waals surface area contributed by atoms with Crippen LogP contribution < -0.4 is 5.56 Å². The van der Waals surface area contributed by atoms with E-state index >= 15 is 0 Å². The molecule has 1 aromatic heterocycles. The van der Waals surface area contributed by atoms with E-state index in [2.05, 4.69) is 18.2 Å². The van der Waals surface area contributed by atoms with Gasteiger partial charge in [0.05, 0.1) is 5.52 Å². The van der Waals surface area contributed by atoms with Crippen LogP contribution in [0.3, 0.4) is 0 Å². The molecule has 0 aliphatic heterocycles. The number of pyridine rings is 1. The SMILES string of the molecule is CCn1c(=O)cc(C)c2ccc(C)cc21. The molecule has 0 N–H and O–H groups in total. The summed E-state index contributed by atoms with van der Waals surface area (Å²) in [6.45, 7) is 6.75. The molecule has 15 heavy (non-hydrogen) atoms. The summed E-state index contributed by atoms with van der Waals surface area (Å²) >= 11 is 0. The number of hydrogen-bond acceptors (Lipinski definition) is 1. The van der Waals surface area contributed by atoms with Gasteiger partial charge in [0.25, 0.3) is 5.56 Å². The second-order valence-corrected chi connectivity index (χ2v) is 3.93. The first kappa shape index (κ1) is 9.97. The van der Waals surface area contributed by atoms with Crippen LogP contribution in [0.4, 0.5) is 0 Å². The first-order valence-corrected chi connectivity index (χ1v) is 5.24. The van der Waals surface area contributed by atoms with Gasteiger partial charge in [-0.2, -0.15) is 0 Å². The van der Waals surface area contributed by atoms with Crippen LogP contribution in [-0.4, -0.2) is 4.57 Å². The predicted molar refractivity (Wildman–Crippen MR) is 63.4 cm³/mol. The van der Waals surface area contributed by atoms with Crippen LogP contribution in [0, 0.1) is 13.8 Å². The molecule has 0 bridgehead atoms. The highest BCUT2D eigenvalue weighted by Crippen LogP contribution is 2.17. The molecule has 78 valence electrons. The summed E-state index contributed by atoms with van der Waals surface area (Å²) in [4.78, 5) is 11.8. The van der Waals surface area contributed by atoms with Crippen LogP contribution in [0.15, 0.2) is 29.1 Å². The van der Waals surface area contributed by atoms with E-state index in [4.69, 9.17) is 0 Å². The molecule has 1 aromatic carbocycles. The van der Waals surface area contributed by atoms with E-state index in [0.29, 0.717) is 0 Å². The smallest absolute Gasteiger partial charge is 0.251 e. The Kier molecular flexibility index (Phi) is 2.35. The Morgan fingerprint density at radius 2 is 1.93 bits per heavy atom. The number of nitrogens with zero attached hydrogens (tertiary/aromatic N) is 1. The highest BCUT2D eigenvalue weighted by atomic mass is 16.1. The number of benzene rings is 1. The third kappa shape index (κ3) is 1.56. The van der Waals surface area contributed by atoms with E-state index in [1.165, 1.54) is 10.9 Å². The molecular formula is C13H15NO. The van der Waals surface area contributed by atoms with E-state index < -0.39 is 0 Å². The maximum absolute atomic E-state index is 11.8. The van der Waals surface area contributed by atoms with Gasteiger partial charge < -0.3 is 4.57 Å². The molecule has 1 heterocycles. The first-order chi connectivity index (χ1) is 7.13. The Morgan fingerprint density at radius 1 is 1.20 bits per heavy atom. The molecule has 0 unspecified atom stereocenters. The molecular weight excluding hydrogens is 186 g/mol. The van der Waals surface area contributed by atoms with Crippen molar-refractivity contribution in [2.24, 2.45) is 0 Å². The fraction of sp³-hybridized carbons (Fsp3) is 0.308. The summed E-state index contributed by atoms with van der Waals surface area (Å²) in [5, 5.41) is 1.17. The summed E-state index contributed by atoms with van der Waals surface area (Å²) in [5.41, 5.74) is 3.38. The number of hydrogen-bond donors (Lipinski definition) is 0. The molecule has 0 atom stereocenters. The molecule has 0 radical (unpaired) electrons. The summed E-state index contributed by atoms with van der Waals surface area (Å²) < 4.78 is 1.81. The molecule has 0 spiro atoms. The minimum Gasteiger partial charge on any atom is -0.309 e.